The maximum Gasteiger partial charge on any atom is 0.316 e. The molecule has 0 amide bonds. The number of anilines is 1. The highest BCUT2D eigenvalue weighted by Gasteiger charge is 2.03. The van der Waals surface area contributed by atoms with E-state index in [1.165, 1.54) is 9.13 Å². The van der Waals surface area contributed by atoms with Crippen LogP contribution in [0.5, 0.6) is 0 Å². The Morgan fingerprint density at radius 2 is 2.06 bits per heavy atom. The molecule has 0 aliphatic carbocycles. The summed E-state index contributed by atoms with van der Waals surface area (Å²) >= 11 is 0. The van der Waals surface area contributed by atoms with Crippen LogP contribution in [-0.2, 0) is 13.6 Å². The predicted octanol–water partition coefficient (Wildman–Crippen LogP) is 0.0320. The molecule has 6 nitrogen and oxygen atoms in total. The van der Waals surface area contributed by atoms with Gasteiger partial charge in [0.25, 0.3) is 0 Å². The Hall–Kier alpha value is -2.37. The van der Waals surface area contributed by atoms with Crippen molar-refractivity contribution < 1.29 is 0 Å². The van der Waals surface area contributed by atoms with Crippen molar-refractivity contribution in [3.05, 3.63) is 57.0 Å². The van der Waals surface area contributed by atoms with Gasteiger partial charge in [-0.25, -0.2) is 4.98 Å². The summed E-state index contributed by atoms with van der Waals surface area (Å²) in [7, 11) is 3.33. The molecular formula is C12H14N4O2. The summed E-state index contributed by atoms with van der Waals surface area (Å²) in [5.74, 6) is 0.726. The van der Waals surface area contributed by atoms with Crippen LogP contribution >= 0.6 is 0 Å². The number of pyridine rings is 1. The molecule has 0 aliphatic heterocycles. The van der Waals surface area contributed by atoms with Crippen molar-refractivity contribution in [2.45, 2.75) is 6.54 Å². The van der Waals surface area contributed by atoms with Gasteiger partial charge in [0, 0.05) is 32.7 Å². The Balaban J connectivity index is 2.37. The molecule has 0 fully saturated rings. The minimum absolute atomic E-state index is 0.353. The molecule has 1 N–H and O–H groups in total. The van der Waals surface area contributed by atoms with E-state index in [0.717, 1.165) is 11.4 Å². The van der Waals surface area contributed by atoms with E-state index in [9.17, 15) is 9.59 Å². The molecule has 2 heterocycles. The number of hydrogen-bond donors (Lipinski definition) is 1. The van der Waals surface area contributed by atoms with Gasteiger partial charge in [0.15, 0.2) is 0 Å². The molecule has 18 heavy (non-hydrogen) atoms. The van der Waals surface area contributed by atoms with Gasteiger partial charge in [-0.3, -0.25) is 9.59 Å². The van der Waals surface area contributed by atoms with E-state index in [0.29, 0.717) is 6.54 Å². The third-order valence-corrected chi connectivity index (χ3v) is 2.67. The molecule has 0 spiro atoms. The first kappa shape index (κ1) is 12.1. The first-order valence-electron chi connectivity index (χ1n) is 5.50. The molecule has 0 saturated carbocycles. The maximum atomic E-state index is 11.7. The lowest BCUT2D eigenvalue weighted by molar-refractivity contribution is 0.695. The fourth-order valence-electron chi connectivity index (χ4n) is 1.62. The van der Waals surface area contributed by atoms with E-state index in [4.69, 9.17) is 0 Å². The topological polar surface area (TPSA) is 68.9 Å². The molecule has 94 valence electrons. The monoisotopic (exact) mass is 246 g/mol. The molecule has 0 aromatic carbocycles. The van der Waals surface area contributed by atoms with Crippen LogP contribution in [0.1, 0.15) is 5.56 Å². The highest BCUT2D eigenvalue weighted by Crippen LogP contribution is 2.06. The zero-order valence-corrected chi connectivity index (χ0v) is 10.3. The summed E-state index contributed by atoms with van der Waals surface area (Å²) in [5, 5.41) is 2.92. The molecule has 0 aliphatic rings. The zero-order valence-electron chi connectivity index (χ0n) is 10.3. The Morgan fingerprint density at radius 1 is 1.28 bits per heavy atom. The van der Waals surface area contributed by atoms with Gasteiger partial charge in [-0.05, 0) is 17.7 Å². The highest BCUT2D eigenvalue weighted by molar-refractivity contribution is 5.36. The number of nitrogens with one attached hydrogen (secondary N) is 1. The number of nitrogens with zero attached hydrogens (tertiary/aromatic N) is 3. The van der Waals surface area contributed by atoms with Crippen molar-refractivity contribution in [3.8, 4) is 0 Å². The standard InChI is InChI=1S/C12H14N4O2/c1-13-10-7-9(3-4-14-10)8-16-6-5-15(2)11(17)12(16)18/h3-7H,8H2,1-2H3,(H,13,14). The van der Waals surface area contributed by atoms with Gasteiger partial charge < -0.3 is 14.5 Å². The molecule has 2 aromatic heterocycles. The maximum absolute atomic E-state index is 11.7. The molecule has 2 aromatic rings. The molecule has 6 heteroatoms. The van der Waals surface area contributed by atoms with Crippen molar-refractivity contribution in [3.63, 3.8) is 0 Å². The summed E-state index contributed by atoms with van der Waals surface area (Å²) in [5.41, 5.74) is -0.145. The van der Waals surface area contributed by atoms with Gasteiger partial charge in [0.05, 0.1) is 6.54 Å². The first-order valence-corrected chi connectivity index (χ1v) is 5.50. The predicted molar refractivity (Wildman–Crippen MR) is 68.8 cm³/mol. The van der Waals surface area contributed by atoms with E-state index >= 15 is 0 Å². The fourth-order valence-corrected chi connectivity index (χ4v) is 1.62. The van der Waals surface area contributed by atoms with Gasteiger partial charge in [0.1, 0.15) is 5.82 Å². The third kappa shape index (κ3) is 2.32. The van der Waals surface area contributed by atoms with Crippen molar-refractivity contribution in [1.82, 2.24) is 14.1 Å². The number of aryl methyl sites for hydroxylation is 1. The van der Waals surface area contributed by atoms with Gasteiger partial charge in [0.2, 0.25) is 0 Å². The van der Waals surface area contributed by atoms with E-state index < -0.39 is 11.1 Å². The Bertz CT molecular complexity index is 672. The fraction of sp³-hybridized carbons (Fsp3) is 0.250. The number of aromatic nitrogens is 3. The van der Waals surface area contributed by atoms with Crippen molar-refractivity contribution in [2.24, 2.45) is 7.05 Å². The summed E-state index contributed by atoms with van der Waals surface area (Å²) in [6.45, 7) is 0.353. The van der Waals surface area contributed by atoms with Crippen molar-refractivity contribution in [2.75, 3.05) is 12.4 Å². The Labute approximate surface area is 104 Å². The summed E-state index contributed by atoms with van der Waals surface area (Å²) in [6.07, 6.45) is 4.83. The van der Waals surface area contributed by atoms with Gasteiger partial charge in [-0.15, -0.1) is 0 Å². The molecule has 0 saturated heterocycles. The number of rotatable bonds is 3. The molecule has 0 atom stereocenters. The smallest absolute Gasteiger partial charge is 0.316 e. The van der Waals surface area contributed by atoms with Gasteiger partial charge in [-0.2, -0.15) is 0 Å². The van der Waals surface area contributed by atoms with Crippen LogP contribution in [0.2, 0.25) is 0 Å². The largest absolute Gasteiger partial charge is 0.373 e. The summed E-state index contributed by atoms with van der Waals surface area (Å²) in [4.78, 5) is 27.3. The van der Waals surface area contributed by atoms with Crippen LogP contribution in [0.3, 0.4) is 0 Å². The SMILES string of the molecule is CNc1cc(Cn2ccn(C)c(=O)c2=O)ccn1. The Morgan fingerprint density at radius 3 is 2.78 bits per heavy atom. The molecular weight excluding hydrogens is 232 g/mol. The zero-order chi connectivity index (χ0) is 13.1. The van der Waals surface area contributed by atoms with Crippen LogP contribution in [0.4, 0.5) is 5.82 Å². The van der Waals surface area contributed by atoms with E-state index in [2.05, 4.69) is 10.3 Å². The summed E-state index contributed by atoms with van der Waals surface area (Å²) < 4.78 is 2.65. The minimum atomic E-state index is -0.527. The van der Waals surface area contributed by atoms with Gasteiger partial charge >= 0.3 is 11.1 Å². The average molecular weight is 246 g/mol. The highest BCUT2D eigenvalue weighted by atomic mass is 16.2. The Kier molecular flexibility index (Phi) is 3.27. The second-order valence-corrected chi connectivity index (χ2v) is 3.95. The van der Waals surface area contributed by atoms with Crippen molar-refractivity contribution in [1.29, 1.82) is 0 Å². The van der Waals surface area contributed by atoms with E-state index in [-0.39, 0.29) is 0 Å². The lowest BCUT2D eigenvalue weighted by atomic mass is 10.2. The molecule has 2 rings (SSSR count). The normalized spacial score (nSPS) is 10.3. The molecule has 0 radical (unpaired) electrons. The second-order valence-electron chi connectivity index (χ2n) is 3.95. The first-order chi connectivity index (χ1) is 8.61. The lowest BCUT2D eigenvalue weighted by Crippen LogP contribution is -2.39. The van der Waals surface area contributed by atoms with E-state index in [1.54, 1.807) is 32.7 Å². The third-order valence-electron chi connectivity index (χ3n) is 2.67. The lowest BCUT2D eigenvalue weighted by Gasteiger charge is -2.07. The summed E-state index contributed by atoms with van der Waals surface area (Å²) in [6, 6.07) is 3.65. The minimum Gasteiger partial charge on any atom is -0.373 e. The van der Waals surface area contributed by atoms with E-state index in [1.807, 2.05) is 12.1 Å². The van der Waals surface area contributed by atoms with Crippen LogP contribution in [0, 0.1) is 0 Å². The van der Waals surface area contributed by atoms with Crippen LogP contribution in [0.25, 0.3) is 0 Å². The molecule has 0 bridgehead atoms. The molecule has 0 unspecified atom stereocenters. The quantitative estimate of drug-likeness (QED) is 0.776. The average Bonchev–Trinajstić information content (AvgIpc) is 2.40. The van der Waals surface area contributed by atoms with Crippen LogP contribution < -0.4 is 16.4 Å². The van der Waals surface area contributed by atoms with Crippen LogP contribution in [-0.4, -0.2) is 21.2 Å². The second kappa shape index (κ2) is 4.87. The van der Waals surface area contributed by atoms with Crippen LogP contribution in [0.15, 0.2) is 40.3 Å². The number of hydrogen-bond acceptors (Lipinski definition) is 4. The van der Waals surface area contributed by atoms with Crippen molar-refractivity contribution >= 4 is 5.82 Å². The van der Waals surface area contributed by atoms with Gasteiger partial charge in [-0.1, -0.05) is 0 Å².